The average molecular weight is 332 g/mol. The van der Waals surface area contributed by atoms with Crippen LogP contribution < -0.4 is 4.74 Å². The van der Waals surface area contributed by atoms with E-state index in [-0.39, 0.29) is 0 Å². The van der Waals surface area contributed by atoms with Gasteiger partial charge in [0, 0.05) is 12.0 Å². The highest BCUT2D eigenvalue weighted by Crippen LogP contribution is 2.21. The number of rotatable bonds is 7. The Hall–Kier alpha value is -2.91. The van der Waals surface area contributed by atoms with Crippen molar-refractivity contribution in [3.63, 3.8) is 0 Å². The van der Waals surface area contributed by atoms with Crippen LogP contribution in [0, 0.1) is 0 Å². The first-order valence-corrected chi connectivity index (χ1v) is 8.23. The Balaban J connectivity index is 1.57. The van der Waals surface area contributed by atoms with Crippen molar-refractivity contribution in [2.45, 2.75) is 19.1 Å². The predicted molar refractivity (Wildman–Crippen MR) is 97.7 cm³/mol. The molecule has 1 atom stereocenters. The van der Waals surface area contributed by atoms with Gasteiger partial charge in [0.25, 0.3) is 0 Å². The molecule has 0 heterocycles. The Morgan fingerprint density at radius 2 is 1.52 bits per heavy atom. The normalized spacial score (nSPS) is 11.7. The number of hydrogen-bond donors (Lipinski definition) is 1. The summed E-state index contributed by atoms with van der Waals surface area (Å²) in [4.78, 5) is 10.7. The van der Waals surface area contributed by atoms with Crippen molar-refractivity contribution in [2.75, 3.05) is 0 Å². The van der Waals surface area contributed by atoms with Gasteiger partial charge in [-0.2, -0.15) is 0 Å². The summed E-state index contributed by atoms with van der Waals surface area (Å²) >= 11 is 0. The summed E-state index contributed by atoms with van der Waals surface area (Å²) in [6, 6.07) is 24.8. The van der Waals surface area contributed by atoms with Gasteiger partial charge in [-0.05, 0) is 28.8 Å². The predicted octanol–water partition coefficient (Wildman–Crippen LogP) is 4.35. The molecular weight excluding hydrogens is 312 g/mol. The van der Waals surface area contributed by atoms with Crippen molar-refractivity contribution in [3.05, 3.63) is 101 Å². The number of aliphatic hydroxyl groups is 1. The first-order chi connectivity index (χ1) is 12.2. The second-order valence-electron chi connectivity index (χ2n) is 5.92. The summed E-state index contributed by atoms with van der Waals surface area (Å²) < 4.78 is 5.77. The minimum absolute atomic E-state index is 0.513. The maximum absolute atomic E-state index is 10.7. The van der Waals surface area contributed by atoms with Crippen LogP contribution in [0.3, 0.4) is 0 Å². The van der Waals surface area contributed by atoms with Crippen molar-refractivity contribution in [3.8, 4) is 5.75 Å². The fourth-order valence-corrected chi connectivity index (χ4v) is 2.60. The zero-order valence-corrected chi connectivity index (χ0v) is 13.8. The van der Waals surface area contributed by atoms with Gasteiger partial charge in [-0.3, -0.25) is 4.79 Å². The first kappa shape index (κ1) is 16.9. The maximum atomic E-state index is 10.7. The first-order valence-electron chi connectivity index (χ1n) is 8.23. The third-order valence-electron chi connectivity index (χ3n) is 4.06. The van der Waals surface area contributed by atoms with Gasteiger partial charge in [0.15, 0.2) is 0 Å². The highest BCUT2D eigenvalue weighted by molar-refractivity contribution is 5.74. The van der Waals surface area contributed by atoms with Crippen molar-refractivity contribution in [2.24, 2.45) is 0 Å². The third kappa shape index (κ3) is 4.78. The number of aldehydes is 1. The van der Waals surface area contributed by atoms with E-state index in [1.807, 2.05) is 54.6 Å². The van der Waals surface area contributed by atoms with E-state index >= 15 is 0 Å². The molecule has 3 heteroatoms. The molecule has 0 saturated heterocycles. The molecule has 3 nitrogen and oxygen atoms in total. The molecule has 3 aromatic rings. The number of aliphatic hydroxyl groups excluding tert-OH is 1. The second-order valence-corrected chi connectivity index (χ2v) is 5.92. The summed E-state index contributed by atoms with van der Waals surface area (Å²) in [6.45, 7) is 0.534. The largest absolute Gasteiger partial charge is 0.489 e. The molecule has 126 valence electrons. The quantitative estimate of drug-likeness (QED) is 0.654. The van der Waals surface area contributed by atoms with Crippen molar-refractivity contribution in [1.29, 1.82) is 0 Å². The molecular formula is C22H20O3. The Morgan fingerprint density at radius 3 is 2.16 bits per heavy atom. The maximum Gasteiger partial charge on any atom is 0.150 e. The van der Waals surface area contributed by atoms with Crippen LogP contribution in [0.5, 0.6) is 5.75 Å². The minimum Gasteiger partial charge on any atom is -0.489 e. The van der Waals surface area contributed by atoms with E-state index in [0.29, 0.717) is 18.6 Å². The molecule has 0 fully saturated rings. The smallest absolute Gasteiger partial charge is 0.150 e. The van der Waals surface area contributed by atoms with Gasteiger partial charge >= 0.3 is 0 Å². The van der Waals surface area contributed by atoms with E-state index in [4.69, 9.17) is 4.74 Å². The lowest BCUT2D eigenvalue weighted by Crippen LogP contribution is -2.02. The van der Waals surface area contributed by atoms with Gasteiger partial charge in [-0.15, -0.1) is 0 Å². The molecule has 1 unspecified atom stereocenters. The topological polar surface area (TPSA) is 46.5 Å². The Morgan fingerprint density at radius 1 is 0.840 bits per heavy atom. The van der Waals surface area contributed by atoms with E-state index in [0.717, 1.165) is 28.7 Å². The lowest BCUT2D eigenvalue weighted by Gasteiger charge is -2.12. The molecule has 25 heavy (non-hydrogen) atoms. The van der Waals surface area contributed by atoms with Crippen LogP contribution in [0.1, 0.15) is 33.2 Å². The van der Waals surface area contributed by atoms with Gasteiger partial charge in [0.1, 0.15) is 18.6 Å². The van der Waals surface area contributed by atoms with Crippen LogP contribution in [0.2, 0.25) is 0 Å². The summed E-state index contributed by atoms with van der Waals surface area (Å²) in [6.07, 6.45) is 0.709. The summed E-state index contributed by atoms with van der Waals surface area (Å²) in [5.74, 6) is 0.803. The van der Waals surface area contributed by atoms with E-state index in [1.165, 1.54) is 0 Å². The molecule has 0 aliphatic heterocycles. The molecule has 0 aromatic heterocycles. The fraction of sp³-hybridized carbons (Fsp3) is 0.136. The molecule has 1 N–H and O–H groups in total. The van der Waals surface area contributed by atoms with Crippen LogP contribution >= 0.6 is 0 Å². The van der Waals surface area contributed by atoms with E-state index in [1.54, 1.807) is 24.3 Å². The molecule has 3 aromatic carbocycles. The SMILES string of the molecule is O=Cc1ccc(C(O)Cc2ccc(OCc3ccccc3)cc2)cc1. The van der Waals surface area contributed by atoms with E-state index in [2.05, 4.69) is 0 Å². The van der Waals surface area contributed by atoms with Crippen LogP contribution in [0.4, 0.5) is 0 Å². The molecule has 0 aliphatic carbocycles. The molecule has 0 radical (unpaired) electrons. The van der Waals surface area contributed by atoms with Gasteiger partial charge < -0.3 is 9.84 Å². The highest BCUT2D eigenvalue weighted by Gasteiger charge is 2.09. The van der Waals surface area contributed by atoms with Gasteiger partial charge in [0.2, 0.25) is 0 Å². The Kier molecular flexibility index (Phi) is 5.60. The summed E-state index contributed by atoms with van der Waals surface area (Å²) in [5.41, 5.74) is 3.56. The van der Waals surface area contributed by atoms with Gasteiger partial charge in [0.05, 0.1) is 6.10 Å². The summed E-state index contributed by atoms with van der Waals surface area (Å²) in [5, 5.41) is 10.3. The number of hydrogen-bond acceptors (Lipinski definition) is 3. The summed E-state index contributed by atoms with van der Waals surface area (Å²) in [7, 11) is 0. The van der Waals surface area contributed by atoms with Gasteiger partial charge in [-0.25, -0.2) is 0 Å². The highest BCUT2D eigenvalue weighted by atomic mass is 16.5. The molecule has 0 saturated carbocycles. The third-order valence-corrected chi connectivity index (χ3v) is 4.06. The van der Waals surface area contributed by atoms with Crippen LogP contribution in [0.25, 0.3) is 0 Å². The molecule has 3 rings (SSSR count). The Bertz CT molecular complexity index is 793. The lowest BCUT2D eigenvalue weighted by molar-refractivity contribution is 0.112. The number of carbonyl (C=O) groups is 1. The second kappa shape index (κ2) is 8.27. The number of benzene rings is 3. The van der Waals surface area contributed by atoms with Crippen molar-refractivity contribution in [1.82, 2.24) is 0 Å². The van der Waals surface area contributed by atoms with Crippen molar-refractivity contribution >= 4 is 6.29 Å². The fourth-order valence-electron chi connectivity index (χ4n) is 2.60. The molecule has 0 amide bonds. The van der Waals surface area contributed by atoms with Gasteiger partial charge in [-0.1, -0.05) is 66.7 Å². The molecule has 0 bridgehead atoms. The minimum atomic E-state index is -0.600. The zero-order valence-electron chi connectivity index (χ0n) is 13.8. The van der Waals surface area contributed by atoms with E-state index in [9.17, 15) is 9.90 Å². The van der Waals surface area contributed by atoms with Crippen LogP contribution in [-0.4, -0.2) is 11.4 Å². The average Bonchev–Trinajstić information content (AvgIpc) is 2.68. The lowest BCUT2D eigenvalue weighted by atomic mass is 10.0. The van der Waals surface area contributed by atoms with Crippen molar-refractivity contribution < 1.29 is 14.6 Å². The monoisotopic (exact) mass is 332 g/mol. The van der Waals surface area contributed by atoms with E-state index < -0.39 is 6.10 Å². The number of carbonyl (C=O) groups excluding carboxylic acids is 1. The zero-order chi connectivity index (χ0) is 17.5. The van der Waals surface area contributed by atoms with Crippen LogP contribution in [-0.2, 0) is 13.0 Å². The van der Waals surface area contributed by atoms with Crippen LogP contribution in [0.15, 0.2) is 78.9 Å². The standard InChI is InChI=1S/C22H20O3/c23-15-18-6-10-20(11-7-18)22(24)14-17-8-12-21(13-9-17)25-16-19-4-2-1-3-5-19/h1-13,15,22,24H,14,16H2. The Labute approximate surface area is 147 Å². The number of ether oxygens (including phenoxy) is 1. The molecule has 0 spiro atoms. The molecule has 0 aliphatic rings.